The summed E-state index contributed by atoms with van der Waals surface area (Å²) in [5.41, 5.74) is 1.73. The van der Waals surface area contributed by atoms with Gasteiger partial charge in [-0.3, -0.25) is 4.79 Å². The Balaban J connectivity index is 1.57. The monoisotopic (exact) mass is 356 g/mol. The number of nitrogens with zero attached hydrogens (tertiary/aromatic N) is 2. The molecule has 1 aromatic heterocycles. The third-order valence-electron chi connectivity index (χ3n) is 3.67. The van der Waals surface area contributed by atoms with Crippen molar-refractivity contribution in [3.8, 4) is 11.5 Å². The van der Waals surface area contributed by atoms with Gasteiger partial charge in [-0.05, 0) is 37.1 Å². The highest BCUT2D eigenvalue weighted by atomic mass is 35.5. The lowest BCUT2D eigenvalue weighted by atomic mass is 10.1. The first-order chi connectivity index (χ1) is 12.1. The second kappa shape index (κ2) is 7.94. The number of aromatic nitrogens is 2. The van der Waals surface area contributed by atoms with Gasteiger partial charge in [0.1, 0.15) is 0 Å². The molecule has 0 saturated heterocycles. The van der Waals surface area contributed by atoms with E-state index < -0.39 is 6.10 Å². The zero-order valence-electron chi connectivity index (χ0n) is 13.7. The van der Waals surface area contributed by atoms with E-state index in [1.165, 1.54) is 0 Å². The number of hydrogen-bond acceptors (Lipinski definition) is 5. The molecule has 0 N–H and O–H groups in total. The summed E-state index contributed by atoms with van der Waals surface area (Å²) in [6.07, 6.45) is 0.140. The van der Waals surface area contributed by atoms with Crippen molar-refractivity contribution in [3.63, 3.8) is 0 Å². The topological polar surface area (TPSA) is 65.2 Å². The largest absolute Gasteiger partial charge is 0.453 e. The first kappa shape index (κ1) is 17.2. The van der Waals surface area contributed by atoms with Crippen LogP contribution < -0.4 is 0 Å². The summed E-state index contributed by atoms with van der Waals surface area (Å²) < 4.78 is 11.0. The predicted octanol–water partition coefficient (Wildman–Crippen LogP) is 4.63. The number of carbonyl (C=O) groups excluding carboxylic acids is 1. The van der Waals surface area contributed by atoms with Crippen LogP contribution in [0.3, 0.4) is 0 Å². The highest BCUT2D eigenvalue weighted by Gasteiger charge is 2.19. The maximum atomic E-state index is 12.0. The van der Waals surface area contributed by atoms with Gasteiger partial charge in [-0.15, -0.1) is 10.2 Å². The van der Waals surface area contributed by atoms with Crippen LogP contribution in [0.5, 0.6) is 0 Å². The fourth-order valence-electron chi connectivity index (χ4n) is 2.34. The zero-order valence-corrected chi connectivity index (χ0v) is 14.4. The molecule has 2 aromatic carbocycles. The van der Waals surface area contributed by atoms with Crippen molar-refractivity contribution in [1.29, 1.82) is 0 Å². The number of rotatable bonds is 6. The van der Waals surface area contributed by atoms with Crippen molar-refractivity contribution in [2.75, 3.05) is 0 Å². The van der Waals surface area contributed by atoms with Crippen LogP contribution in [0.25, 0.3) is 11.5 Å². The van der Waals surface area contributed by atoms with E-state index in [0.717, 1.165) is 11.1 Å². The van der Waals surface area contributed by atoms with Crippen molar-refractivity contribution in [3.05, 3.63) is 71.1 Å². The number of ether oxygens (including phenoxy) is 1. The van der Waals surface area contributed by atoms with E-state index in [0.29, 0.717) is 17.3 Å². The van der Waals surface area contributed by atoms with E-state index in [4.69, 9.17) is 20.8 Å². The Morgan fingerprint density at radius 3 is 2.60 bits per heavy atom. The summed E-state index contributed by atoms with van der Waals surface area (Å²) in [6.45, 7) is 1.70. The van der Waals surface area contributed by atoms with E-state index in [9.17, 15) is 4.79 Å². The van der Waals surface area contributed by atoms with Crippen LogP contribution >= 0.6 is 11.6 Å². The van der Waals surface area contributed by atoms with Crippen molar-refractivity contribution in [2.24, 2.45) is 0 Å². The molecule has 128 valence electrons. The average molecular weight is 357 g/mol. The molecule has 0 unspecified atom stereocenters. The van der Waals surface area contributed by atoms with Gasteiger partial charge in [0.25, 0.3) is 5.89 Å². The summed E-state index contributed by atoms with van der Waals surface area (Å²) in [5.74, 6) is 0.325. The first-order valence-electron chi connectivity index (χ1n) is 7.95. The molecule has 0 bridgehead atoms. The maximum absolute atomic E-state index is 12.0. The molecule has 0 aliphatic carbocycles. The van der Waals surface area contributed by atoms with Gasteiger partial charge >= 0.3 is 5.97 Å². The minimum absolute atomic E-state index is 0.230. The molecule has 0 saturated carbocycles. The fraction of sp³-hybridized carbons (Fsp3) is 0.211. The summed E-state index contributed by atoms with van der Waals surface area (Å²) in [4.78, 5) is 12.0. The Kier molecular flexibility index (Phi) is 5.46. The molecule has 1 atom stereocenters. The van der Waals surface area contributed by atoms with Gasteiger partial charge < -0.3 is 9.15 Å². The van der Waals surface area contributed by atoms with Crippen molar-refractivity contribution < 1.29 is 13.9 Å². The molecule has 3 aromatic rings. The molecule has 0 fully saturated rings. The summed E-state index contributed by atoms with van der Waals surface area (Å²) in [6, 6.07) is 16.9. The summed E-state index contributed by atoms with van der Waals surface area (Å²) in [5, 5.41) is 8.60. The third kappa shape index (κ3) is 4.45. The smallest absolute Gasteiger partial charge is 0.306 e. The Morgan fingerprint density at radius 1 is 1.12 bits per heavy atom. The highest BCUT2D eigenvalue weighted by molar-refractivity contribution is 6.31. The van der Waals surface area contributed by atoms with Crippen LogP contribution in [-0.4, -0.2) is 16.2 Å². The molecular formula is C19H17ClN2O3. The highest BCUT2D eigenvalue weighted by Crippen LogP contribution is 2.23. The lowest BCUT2D eigenvalue weighted by Gasteiger charge is -2.09. The normalized spacial score (nSPS) is 11.9. The van der Waals surface area contributed by atoms with Crippen LogP contribution in [-0.2, 0) is 16.0 Å². The maximum Gasteiger partial charge on any atom is 0.306 e. The molecule has 6 heteroatoms. The van der Waals surface area contributed by atoms with Gasteiger partial charge in [-0.1, -0.05) is 48.0 Å². The second-order valence-corrected chi connectivity index (χ2v) is 5.94. The molecule has 0 aliphatic heterocycles. The van der Waals surface area contributed by atoms with Gasteiger partial charge in [0.15, 0.2) is 6.10 Å². The molecule has 0 aliphatic rings. The molecule has 25 heavy (non-hydrogen) atoms. The number of esters is 1. The van der Waals surface area contributed by atoms with Crippen LogP contribution in [0.2, 0.25) is 5.02 Å². The van der Waals surface area contributed by atoms with Crippen LogP contribution in [0.4, 0.5) is 0 Å². The second-order valence-electron chi connectivity index (χ2n) is 5.53. The Hall–Kier alpha value is -2.66. The molecule has 1 heterocycles. The van der Waals surface area contributed by atoms with E-state index in [-0.39, 0.29) is 18.3 Å². The van der Waals surface area contributed by atoms with Crippen molar-refractivity contribution >= 4 is 17.6 Å². The van der Waals surface area contributed by atoms with E-state index in [1.54, 1.807) is 13.0 Å². The van der Waals surface area contributed by atoms with Crippen LogP contribution in [0.15, 0.2) is 59.0 Å². The lowest BCUT2D eigenvalue weighted by Crippen LogP contribution is -2.10. The van der Waals surface area contributed by atoms with Crippen molar-refractivity contribution in [1.82, 2.24) is 10.2 Å². The zero-order chi connectivity index (χ0) is 17.6. The summed E-state index contributed by atoms with van der Waals surface area (Å²) in [7, 11) is 0. The Morgan fingerprint density at radius 2 is 1.84 bits per heavy atom. The van der Waals surface area contributed by atoms with Gasteiger partial charge in [0.2, 0.25) is 5.89 Å². The lowest BCUT2D eigenvalue weighted by molar-refractivity contribution is -0.149. The van der Waals surface area contributed by atoms with E-state index >= 15 is 0 Å². The number of benzene rings is 2. The molecule has 0 amide bonds. The molecular weight excluding hydrogens is 340 g/mol. The van der Waals surface area contributed by atoms with Gasteiger partial charge in [0, 0.05) is 17.0 Å². The number of halogens is 1. The molecule has 0 spiro atoms. The number of carbonyl (C=O) groups is 1. The number of aryl methyl sites for hydroxylation is 1. The third-order valence-corrected chi connectivity index (χ3v) is 4.04. The molecule has 3 rings (SSSR count). The molecule has 5 nitrogen and oxygen atoms in total. The van der Waals surface area contributed by atoms with Crippen LogP contribution in [0, 0.1) is 0 Å². The fourth-order valence-corrected chi connectivity index (χ4v) is 2.57. The molecule has 0 radical (unpaired) electrons. The minimum atomic E-state index is -0.608. The quantitative estimate of drug-likeness (QED) is 0.602. The first-order valence-corrected chi connectivity index (χ1v) is 8.33. The minimum Gasteiger partial charge on any atom is -0.453 e. The predicted molar refractivity (Wildman–Crippen MR) is 94.0 cm³/mol. The Labute approximate surface area is 150 Å². The van der Waals surface area contributed by atoms with E-state index in [1.807, 2.05) is 48.5 Å². The van der Waals surface area contributed by atoms with Crippen molar-refractivity contribution in [2.45, 2.75) is 25.9 Å². The average Bonchev–Trinajstić information content (AvgIpc) is 3.12. The summed E-state index contributed by atoms with van der Waals surface area (Å²) >= 11 is 6.08. The standard InChI is InChI=1S/C19H17ClN2O3/c1-13(18-21-22-19(25-18)15-8-3-2-4-9-15)24-17(23)12-11-14-7-5-6-10-16(14)20/h2-10,13H,11-12H2,1H3/t13-/m0/s1. The van der Waals surface area contributed by atoms with E-state index in [2.05, 4.69) is 10.2 Å². The van der Waals surface area contributed by atoms with Gasteiger partial charge in [-0.25, -0.2) is 0 Å². The van der Waals surface area contributed by atoms with Gasteiger partial charge in [0.05, 0.1) is 0 Å². The van der Waals surface area contributed by atoms with Crippen LogP contribution in [0.1, 0.15) is 30.9 Å². The SMILES string of the molecule is C[C@H](OC(=O)CCc1ccccc1Cl)c1nnc(-c2ccccc2)o1. The van der Waals surface area contributed by atoms with Gasteiger partial charge in [-0.2, -0.15) is 0 Å². The Bertz CT molecular complexity index is 849. The number of hydrogen-bond donors (Lipinski definition) is 0.